The predicted molar refractivity (Wildman–Crippen MR) is 96.8 cm³/mol. The van der Waals surface area contributed by atoms with Gasteiger partial charge in [0.2, 0.25) is 5.91 Å². The molecule has 1 saturated heterocycles. The standard InChI is InChI=1S/C18H19F2N5O3/c1-9(16-13(20)4-10(6-21)7-22-16)23-15(26)8-25-17(27)12-5-11(19)2-3-14(12)24-18(25)28/h2-3,5,9-10,13,16,22H,4,7-8H2,1H3,(H,23,26)(H,24,28)/t9-,10?,13?,16?/m0/s1. The molecule has 10 heteroatoms. The predicted octanol–water partition coefficient (Wildman–Crippen LogP) is 0.173. The van der Waals surface area contributed by atoms with E-state index in [4.69, 9.17) is 5.26 Å². The van der Waals surface area contributed by atoms with Crippen molar-refractivity contribution >= 4 is 16.8 Å². The number of H-pyrrole nitrogens is 1. The lowest BCUT2D eigenvalue weighted by Crippen LogP contribution is -2.57. The fraction of sp³-hybridized carbons (Fsp3) is 0.444. The maximum atomic E-state index is 14.2. The molecule has 1 aromatic carbocycles. The second-order valence-electron chi connectivity index (χ2n) is 6.88. The summed E-state index contributed by atoms with van der Waals surface area (Å²) in [6.07, 6.45) is -1.24. The van der Waals surface area contributed by atoms with Crippen molar-refractivity contribution in [3.8, 4) is 6.07 Å². The van der Waals surface area contributed by atoms with Gasteiger partial charge in [-0.3, -0.25) is 14.2 Å². The molecule has 0 bridgehead atoms. The first kappa shape index (κ1) is 19.7. The van der Waals surface area contributed by atoms with E-state index in [0.29, 0.717) is 11.1 Å². The lowest BCUT2D eigenvalue weighted by atomic mass is 9.90. The van der Waals surface area contributed by atoms with Gasteiger partial charge in [0.1, 0.15) is 18.5 Å². The van der Waals surface area contributed by atoms with Crippen molar-refractivity contribution < 1.29 is 13.6 Å². The van der Waals surface area contributed by atoms with E-state index >= 15 is 0 Å². The minimum atomic E-state index is -1.32. The first-order valence-corrected chi connectivity index (χ1v) is 8.79. The van der Waals surface area contributed by atoms with Gasteiger partial charge in [-0.05, 0) is 31.5 Å². The van der Waals surface area contributed by atoms with Gasteiger partial charge in [-0.25, -0.2) is 13.6 Å². The van der Waals surface area contributed by atoms with Gasteiger partial charge in [0.15, 0.2) is 0 Å². The third-order valence-electron chi connectivity index (χ3n) is 4.85. The van der Waals surface area contributed by atoms with Crippen LogP contribution in [0.5, 0.6) is 0 Å². The van der Waals surface area contributed by atoms with E-state index in [1.54, 1.807) is 6.92 Å². The van der Waals surface area contributed by atoms with Crippen LogP contribution in [0.25, 0.3) is 10.9 Å². The number of aromatic amines is 1. The summed E-state index contributed by atoms with van der Waals surface area (Å²) in [6, 6.07) is 4.05. The van der Waals surface area contributed by atoms with Crippen LogP contribution in [-0.4, -0.2) is 40.3 Å². The average molecular weight is 391 g/mol. The number of aromatic nitrogens is 2. The van der Waals surface area contributed by atoms with Gasteiger partial charge in [-0.15, -0.1) is 0 Å². The third kappa shape index (κ3) is 3.94. The monoisotopic (exact) mass is 391 g/mol. The Bertz CT molecular complexity index is 1060. The Kier molecular flexibility index (Phi) is 5.56. The summed E-state index contributed by atoms with van der Waals surface area (Å²) in [5, 5.41) is 14.3. The minimum absolute atomic E-state index is 0.0548. The van der Waals surface area contributed by atoms with Crippen LogP contribution in [0.15, 0.2) is 27.8 Å². The number of hydrogen-bond donors (Lipinski definition) is 3. The molecule has 3 rings (SSSR count). The summed E-state index contributed by atoms with van der Waals surface area (Å²) < 4.78 is 28.3. The lowest BCUT2D eigenvalue weighted by molar-refractivity contribution is -0.122. The van der Waals surface area contributed by atoms with Gasteiger partial charge in [-0.1, -0.05) is 0 Å². The summed E-state index contributed by atoms with van der Waals surface area (Å²) in [6.45, 7) is 1.32. The maximum Gasteiger partial charge on any atom is 0.329 e. The molecule has 4 atom stereocenters. The Labute approximate surface area is 158 Å². The number of nitrogens with zero attached hydrogens (tertiary/aromatic N) is 2. The summed E-state index contributed by atoms with van der Waals surface area (Å²) in [5.74, 6) is -1.73. The Morgan fingerprint density at radius 3 is 2.89 bits per heavy atom. The maximum absolute atomic E-state index is 14.2. The molecule has 28 heavy (non-hydrogen) atoms. The van der Waals surface area contributed by atoms with Crippen molar-refractivity contribution in [2.75, 3.05) is 6.54 Å². The first-order chi connectivity index (χ1) is 13.3. The number of nitriles is 1. The molecule has 8 nitrogen and oxygen atoms in total. The van der Waals surface area contributed by atoms with E-state index in [9.17, 15) is 23.2 Å². The number of amides is 1. The van der Waals surface area contributed by atoms with E-state index in [0.717, 1.165) is 12.1 Å². The normalized spacial score (nSPS) is 23.1. The zero-order valence-electron chi connectivity index (χ0n) is 15.0. The van der Waals surface area contributed by atoms with Crippen LogP contribution in [0.1, 0.15) is 13.3 Å². The van der Waals surface area contributed by atoms with E-state index in [1.165, 1.54) is 6.07 Å². The number of fused-ring (bicyclic) bond motifs is 1. The van der Waals surface area contributed by atoms with Gasteiger partial charge in [0.25, 0.3) is 5.56 Å². The van der Waals surface area contributed by atoms with Gasteiger partial charge in [0, 0.05) is 12.6 Å². The molecule has 1 amide bonds. The second kappa shape index (κ2) is 7.90. The molecule has 1 aliphatic rings. The highest BCUT2D eigenvalue weighted by Crippen LogP contribution is 2.19. The van der Waals surface area contributed by atoms with Crippen molar-refractivity contribution in [1.29, 1.82) is 5.26 Å². The molecule has 0 spiro atoms. The molecule has 3 unspecified atom stereocenters. The average Bonchev–Trinajstić information content (AvgIpc) is 2.65. The molecular formula is C18H19F2N5O3. The van der Waals surface area contributed by atoms with Gasteiger partial charge in [-0.2, -0.15) is 5.26 Å². The molecule has 3 N–H and O–H groups in total. The Hall–Kier alpha value is -3.06. The molecule has 148 valence electrons. The van der Waals surface area contributed by atoms with E-state index < -0.39 is 53.7 Å². The summed E-state index contributed by atoms with van der Waals surface area (Å²) in [4.78, 5) is 39.3. The smallest absolute Gasteiger partial charge is 0.329 e. The Morgan fingerprint density at radius 2 is 2.21 bits per heavy atom. The van der Waals surface area contributed by atoms with Crippen molar-refractivity contribution in [3.05, 3.63) is 44.9 Å². The van der Waals surface area contributed by atoms with Crippen molar-refractivity contribution in [2.24, 2.45) is 5.92 Å². The van der Waals surface area contributed by atoms with Crippen LogP contribution < -0.4 is 21.9 Å². The van der Waals surface area contributed by atoms with Crippen LogP contribution in [0.3, 0.4) is 0 Å². The van der Waals surface area contributed by atoms with Crippen molar-refractivity contribution in [3.63, 3.8) is 0 Å². The van der Waals surface area contributed by atoms with Gasteiger partial charge in [0.05, 0.1) is 28.9 Å². The number of piperidine rings is 1. The summed E-state index contributed by atoms with van der Waals surface area (Å²) >= 11 is 0. The molecule has 1 aromatic heterocycles. The Morgan fingerprint density at radius 1 is 1.46 bits per heavy atom. The highest BCUT2D eigenvalue weighted by molar-refractivity contribution is 5.79. The van der Waals surface area contributed by atoms with Crippen molar-refractivity contribution in [2.45, 2.75) is 38.1 Å². The molecule has 0 aliphatic carbocycles. The number of rotatable bonds is 4. The third-order valence-corrected chi connectivity index (χ3v) is 4.85. The van der Waals surface area contributed by atoms with Crippen LogP contribution in [0.4, 0.5) is 8.78 Å². The second-order valence-corrected chi connectivity index (χ2v) is 6.88. The highest BCUT2D eigenvalue weighted by Gasteiger charge is 2.34. The molecule has 2 aromatic rings. The van der Waals surface area contributed by atoms with Crippen LogP contribution >= 0.6 is 0 Å². The zero-order valence-corrected chi connectivity index (χ0v) is 15.0. The number of carbonyl (C=O) groups is 1. The number of alkyl halides is 1. The molecular weight excluding hydrogens is 372 g/mol. The van der Waals surface area contributed by atoms with E-state index in [2.05, 4.69) is 15.6 Å². The van der Waals surface area contributed by atoms with Crippen LogP contribution in [0, 0.1) is 23.1 Å². The Balaban J connectivity index is 1.74. The number of hydrogen-bond acceptors (Lipinski definition) is 5. The number of halogens is 2. The van der Waals surface area contributed by atoms with Crippen LogP contribution in [0.2, 0.25) is 0 Å². The summed E-state index contributed by atoms with van der Waals surface area (Å²) in [7, 11) is 0. The topological polar surface area (TPSA) is 120 Å². The minimum Gasteiger partial charge on any atom is -0.350 e. The molecule has 1 fully saturated rings. The lowest BCUT2D eigenvalue weighted by Gasteiger charge is -2.34. The SMILES string of the molecule is C[C@H](NC(=O)Cn1c(=O)[nH]c2ccc(F)cc2c1=O)C1NCC(C#N)CC1F. The quantitative estimate of drug-likeness (QED) is 0.687. The molecule has 0 radical (unpaired) electrons. The number of nitrogens with one attached hydrogen (secondary N) is 3. The zero-order chi connectivity index (χ0) is 20.4. The van der Waals surface area contributed by atoms with Gasteiger partial charge < -0.3 is 15.6 Å². The molecule has 2 heterocycles. The fourth-order valence-electron chi connectivity index (χ4n) is 3.40. The highest BCUT2D eigenvalue weighted by atomic mass is 19.1. The first-order valence-electron chi connectivity index (χ1n) is 8.79. The van der Waals surface area contributed by atoms with Gasteiger partial charge >= 0.3 is 5.69 Å². The van der Waals surface area contributed by atoms with Crippen molar-refractivity contribution in [1.82, 2.24) is 20.2 Å². The fourth-order valence-corrected chi connectivity index (χ4v) is 3.40. The van der Waals surface area contributed by atoms with E-state index in [1.807, 2.05) is 6.07 Å². The summed E-state index contributed by atoms with van der Waals surface area (Å²) in [5.41, 5.74) is -1.43. The number of benzene rings is 1. The number of carbonyl (C=O) groups excluding carboxylic acids is 1. The van der Waals surface area contributed by atoms with E-state index in [-0.39, 0.29) is 17.3 Å². The molecule has 1 aliphatic heterocycles. The molecule has 0 saturated carbocycles. The van der Waals surface area contributed by atoms with Crippen LogP contribution in [-0.2, 0) is 11.3 Å². The largest absolute Gasteiger partial charge is 0.350 e.